The molecule has 0 aliphatic heterocycles. The third-order valence-electron chi connectivity index (χ3n) is 3.97. The van der Waals surface area contributed by atoms with E-state index < -0.39 is 0 Å². The summed E-state index contributed by atoms with van der Waals surface area (Å²) in [5, 5.41) is 3.44. The van der Waals surface area contributed by atoms with Crippen LogP contribution in [0.3, 0.4) is 0 Å². The number of hydrogen-bond donors (Lipinski definition) is 1. The Hall–Kier alpha value is -1.82. The van der Waals surface area contributed by atoms with Crippen molar-refractivity contribution >= 4 is 41.8 Å². The number of halogens is 3. The highest BCUT2D eigenvalue weighted by molar-refractivity contribution is 5.85. The van der Waals surface area contributed by atoms with Gasteiger partial charge in [-0.15, -0.1) is 24.8 Å². The average molecular weight is 399 g/mol. The van der Waals surface area contributed by atoms with E-state index in [9.17, 15) is 4.39 Å². The molecule has 0 bridgehead atoms. The minimum Gasteiger partial charge on any atom is -0.356 e. The van der Waals surface area contributed by atoms with Crippen molar-refractivity contribution < 1.29 is 4.39 Å². The van der Waals surface area contributed by atoms with Gasteiger partial charge in [-0.2, -0.15) is 0 Å². The van der Waals surface area contributed by atoms with Crippen molar-refractivity contribution in [1.29, 1.82) is 0 Å². The lowest BCUT2D eigenvalue weighted by Gasteiger charge is -2.13. The molecule has 0 atom stereocenters. The van der Waals surface area contributed by atoms with E-state index in [-0.39, 0.29) is 30.6 Å². The highest BCUT2D eigenvalue weighted by atomic mass is 35.5. The number of imidazole rings is 1. The molecule has 1 heterocycles. The summed E-state index contributed by atoms with van der Waals surface area (Å²) in [6.07, 6.45) is 1.05. The number of para-hydroxylation sites is 2. The molecular formula is C19H25Cl2FN4. The summed E-state index contributed by atoms with van der Waals surface area (Å²) in [5.74, 6) is 0.649. The lowest BCUT2D eigenvalue weighted by Crippen LogP contribution is -2.17. The molecule has 0 spiro atoms. The van der Waals surface area contributed by atoms with Crippen LogP contribution in [-0.2, 0) is 6.54 Å². The summed E-state index contributed by atoms with van der Waals surface area (Å²) in [5.41, 5.74) is 3.10. The van der Waals surface area contributed by atoms with E-state index in [1.54, 1.807) is 0 Å². The Morgan fingerprint density at radius 3 is 2.42 bits per heavy atom. The molecule has 4 nitrogen and oxygen atoms in total. The van der Waals surface area contributed by atoms with Crippen LogP contribution in [0, 0.1) is 5.82 Å². The van der Waals surface area contributed by atoms with Gasteiger partial charge < -0.3 is 14.8 Å². The maximum absolute atomic E-state index is 13.1. The van der Waals surface area contributed by atoms with E-state index in [2.05, 4.69) is 34.9 Å². The van der Waals surface area contributed by atoms with Crippen molar-refractivity contribution in [2.45, 2.75) is 13.0 Å². The number of anilines is 1. The maximum atomic E-state index is 13.1. The highest BCUT2D eigenvalue weighted by Gasteiger charge is 2.10. The fraction of sp³-hybridized carbons (Fsp3) is 0.316. The lowest BCUT2D eigenvalue weighted by molar-refractivity contribution is 0.405. The molecule has 0 saturated carbocycles. The summed E-state index contributed by atoms with van der Waals surface area (Å²) >= 11 is 0. The second-order valence-electron chi connectivity index (χ2n) is 6.22. The first-order valence-corrected chi connectivity index (χ1v) is 8.22. The molecular weight excluding hydrogens is 374 g/mol. The monoisotopic (exact) mass is 398 g/mol. The van der Waals surface area contributed by atoms with Crippen molar-refractivity contribution in [1.82, 2.24) is 14.5 Å². The molecule has 1 N–H and O–H groups in total. The van der Waals surface area contributed by atoms with Crippen molar-refractivity contribution in [3.8, 4) is 0 Å². The summed E-state index contributed by atoms with van der Waals surface area (Å²) in [7, 11) is 4.15. The summed E-state index contributed by atoms with van der Waals surface area (Å²) in [6, 6.07) is 14.7. The molecule has 0 radical (unpaired) electrons. The van der Waals surface area contributed by atoms with Crippen LogP contribution in [-0.4, -0.2) is 41.6 Å². The number of rotatable bonds is 7. The number of hydrogen-bond acceptors (Lipinski definition) is 3. The molecule has 0 amide bonds. The van der Waals surface area contributed by atoms with Gasteiger partial charge in [0.1, 0.15) is 5.82 Å². The van der Waals surface area contributed by atoms with Crippen LogP contribution in [0.25, 0.3) is 11.0 Å². The molecule has 7 heteroatoms. The molecule has 26 heavy (non-hydrogen) atoms. The Balaban J connectivity index is 0.00000169. The summed E-state index contributed by atoms with van der Waals surface area (Å²) in [6.45, 7) is 2.56. The second kappa shape index (κ2) is 10.4. The standard InChI is InChI=1S/C19H23FN4.2ClH/c1-23(2)13-5-12-21-19-22-17-6-3-4-7-18(17)24(19)14-15-8-10-16(20)11-9-15;;/h3-4,6-11H,5,12-14H2,1-2H3,(H,21,22);2*1H. The van der Waals surface area contributed by atoms with E-state index in [4.69, 9.17) is 4.98 Å². The Bertz CT molecular complexity index is 803. The molecule has 2 aromatic carbocycles. The van der Waals surface area contributed by atoms with Crippen LogP contribution >= 0.6 is 24.8 Å². The number of aromatic nitrogens is 2. The second-order valence-corrected chi connectivity index (χ2v) is 6.22. The molecule has 142 valence electrons. The van der Waals surface area contributed by atoms with Gasteiger partial charge in [0.05, 0.1) is 17.6 Å². The zero-order valence-corrected chi connectivity index (χ0v) is 16.6. The van der Waals surface area contributed by atoms with E-state index >= 15 is 0 Å². The van der Waals surface area contributed by atoms with E-state index in [1.807, 2.05) is 30.3 Å². The summed E-state index contributed by atoms with van der Waals surface area (Å²) < 4.78 is 15.3. The smallest absolute Gasteiger partial charge is 0.204 e. The zero-order chi connectivity index (χ0) is 16.9. The van der Waals surface area contributed by atoms with Gasteiger partial charge >= 0.3 is 0 Å². The Morgan fingerprint density at radius 1 is 1.04 bits per heavy atom. The predicted octanol–water partition coefficient (Wildman–Crippen LogP) is 4.43. The highest BCUT2D eigenvalue weighted by Crippen LogP contribution is 2.21. The van der Waals surface area contributed by atoms with E-state index in [0.717, 1.165) is 42.1 Å². The quantitative estimate of drug-likeness (QED) is 0.597. The number of benzene rings is 2. The normalized spacial score (nSPS) is 10.5. The average Bonchev–Trinajstić information content (AvgIpc) is 2.91. The van der Waals surface area contributed by atoms with Crippen LogP contribution in [0.4, 0.5) is 10.3 Å². The molecule has 1 aromatic heterocycles. The largest absolute Gasteiger partial charge is 0.356 e. The predicted molar refractivity (Wildman–Crippen MR) is 111 cm³/mol. The topological polar surface area (TPSA) is 33.1 Å². The molecule has 0 aliphatic rings. The van der Waals surface area contributed by atoms with Crippen molar-refractivity contribution in [3.05, 3.63) is 59.9 Å². The van der Waals surface area contributed by atoms with Gasteiger partial charge in [-0.25, -0.2) is 9.37 Å². The fourth-order valence-corrected chi connectivity index (χ4v) is 2.74. The first kappa shape index (κ1) is 22.2. The first-order valence-electron chi connectivity index (χ1n) is 8.22. The Labute approximate surface area is 166 Å². The number of fused-ring (bicyclic) bond motifs is 1. The third-order valence-corrected chi connectivity index (χ3v) is 3.97. The lowest BCUT2D eigenvalue weighted by atomic mass is 10.2. The maximum Gasteiger partial charge on any atom is 0.204 e. The van der Waals surface area contributed by atoms with Crippen LogP contribution in [0.5, 0.6) is 0 Å². The fourth-order valence-electron chi connectivity index (χ4n) is 2.74. The zero-order valence-electron chi connectivity index (χ0n) is 15.0. The minimum absolute atomic E-state index is 0. The van der Waals surface area contributed by atoms with Crippen molar-refractivity contribution in [2.75, 3.05) is 32.5 Å². The third kappa shape index (κ3) is 5.59. The summed E-state index contributed by atoms with van der Waals surface area (Å²) in [4.78, 5) is 6.88. The van der Waals surface area contributed by atoms with E-state index in [0.29, 0.717) is 6.54 Å². The minimum atomic E-state index is -0.212. The van der Waals surface area contributed by atoms with Gasteiger partial charge in [0.2, 0.25) is 5.95 Å². The van der Waals surface area contributed by atoms with Crippen LogP contribution in [0.1, 0.15) is 12.0 Å². The SMILES string of the molecule is CN(C)CCCNc1nc2ccccc2n1Cc1ccc(F)cc1.Cl.Cl. The van der Waals surface area contributed by atoms with Gasteiger partial charge in [-0.05, 0) is 56.9 Å². The molecule has 0 aliphatic carbocycles. The number of nitrogens with zero attached hydrogens (tertiary/aromatic N) is 3. The van der Waals surface area contributed by atoms with Gasteiger partial charge in [-0.3, -0.25) is 0 Å². The van der Waals surface area contributed by atoms with Crippen LogP contribution < -0.4 is 5.32 Å². The Morgan fingerprint density at radius 2 is 1.73 bits per heavy atom. The van der Waals surface area contributed by atoms with Crippen molar-refractivity contribution in [3.63, 3.8) is 0 Å². The van der Waals surface area contributed by atoms with Gasteiger partial charge in [-0.1, -0.05) is 24.3 Å². The first-order chi connectivity index (χ1) is 11.6. The van der Waals surface area contributed by atoms with Crippen LogP contribution in [0.2, 0.25) is 0 Å². The van der Waals surface area contributed by atoms with Gasteiger partial charge in [0.15, 0.2) is 0 Å². The Kier molecular flexibility index (Phi) is 8.85. The van der Waals surface area contributed by atoms with Gasteiger partial charge in [0.25, 0.3) is 0 Å². The molecule has 0 saturated heterocycles. The van der Waals surface area contributed by atoms with E-state index in [1.165, 1.54) is 12.1 Å². The number of nitrogens with one attached hydrogen (secondary N) is 1. The van der Waals surface area contributed by atoms with Crippen LogP contribution in [0.15, 0.2) is 48.5 Å². The molecule has 3 aromatic rings. The molecule has 3 rings (SSSR count). The molecule has 0 unspecified atom stereocenters. The van der Waals surface area contributed by atoms with Crippen molar-refractivity contribution in [2.24, 2.45) is 0 Å². The molecule has 0 fully saturated rings. The van der Waals surface area contributed by atoms with Gasteiger partial charge in [0, 0.05) is 6.54 Å².